The van der Waals surface area contributed by atoms with Gasteiger partial charge in [-0.25, -0.2) is 4.98 Å². The second-order valence-electron chi connectivity index (χ2n) is 3.77. The predicted octanol–water partition coefficient (Wildman–Crippen LogP) is 1.38. The Morgan fingerprint density at radius 2 is 2.11 bits per heavy atom. The molecule has 0 aliphatic rings. The maximum absolute atomic E-state index is 5.78. The minimum atomic E-state index is 0.509. The van der Waals surface area contributed by atoms with E-state index in [4.69, 9.17) is 10.5 Å². The van der Waals surface area contributed by atoms with Crippen LogP contribution in [0.25, 0.3) is 17.0 Å². The van der Waals surface area contributed by atoms with Gasteiger partial charge in [-0.3, -0.25) is 4.40 Å². The molecule has 0 saturated carbocycles. The van der Waals surface area contributed by atoms with Gasteiger partial charge in [-0.1, -0.05) is 0 Å². The van der Waals surface area contributed by atoms with Crippen molar-refractivity contribution in [3.05, 3.63) is 36.7 Å². The van der Waals surface area contributed by atoms with Crippen LogP contribution < -0.4 is 10.5 Å². The highest BCUT2D eigenvalue weighted by Crippen LogP contribution is 2.26. The van der Waals surface area contributed by atoms with Crippen LogP contribution in [0.1, 0.15) is 0 Å². The van der Waals surface area contributed by atoms with Gasteiger partial charge in [0.2, 0.25) is 5.88 Å². The molecule has 18 heavy (non-hydrogen) atoms. The lowest BCUT2D eigenvalue weighted by atomic mass is 10.2. The van der Waals surface area contributed by atoms with E-state index in [9.17, 15) is 0 Å². The smallest absolute Gasteiger partial charge is 0.224 e. The van der Waals surface area contributed by atoms with Crippen LogP contribution in [0, 0.1) is 0 Å². The van der Waals surface area contributed by atoms with Crippen molar-refractivity contribution in [2.24, 2.45) is 0 Å². The molecule has 6 heteroatoms. The summed E-state index contributed by atoms with van der Waals surface area (Å²) in [6.07, 6.45) is 3.44. The van der Waals surface area contributed by atoms with Crippen molar-refractivity contribution in [1.29, 1.82) is 0 Å². The molecule has 0 amide bonds. The summed E-state index contributed by atoms with van der Waals surface area (Å²) in [7, 11) is 1.57. The number of aromatic nitrogens is 4. The third kappa shape index (κ3) is 1.55. The maximum Gasteiger partial charge on any atom is 0.224 e. The van der Waals surface area contributed by atoms with Crippen molar-refractivity contribution in [3.63, 3.8) is 0 Å². The lowest BCUT2D eigenvalue weighted by Crippen LogP contribution is -1.96. The molecule has 3 rings (SSSR count). The minimum absolute atomic E-state index is 0.509. The lowest BCUT2D eigenvalue weighted by molar-refractivity contribution is 0.399. The molecule has 0 radical (unpaired) electrons. The number of nitrogens with zero attached hydrogens (tertiary/aromatic N) is 4. The van der Waals surface area contributed by atoms with E-state index < -0.39 is 0 Å². The van der Waals surface area contributed by atoms with E-state index in [1.54, 1.807) is 25.6 Å². The molecular weight excluding hydrogens is 230 g/mol. The number of hydrogen-bond donors (Lipinski definition) is 1. The van der Waals surface area contributed by atoms with Crippen molar-refractivity contribution >= 4 is 11.3 Å². The zero-order valence-corrected chi connectivity index (χ0v) is 9.74. The number of nitrogens with two attached hydrogens (primary N) is 1. The largest absolute Gasteiger partial charge is 0.480 e. The molecule has 0 aliphatic carbocycles. The van der Waals surface area contributed by atoms with E-state index in [1.165, 1.54) is 0 Å². The molecule has 2 N–H and O–H groups in total. The second-order valence-corrected chi connectivity index (χ2v) is 3.77. The summed E-state index contributed by atoms with van der Waals surface area (Å²) in [5.41, 5.74) is 7.93. The van der Waals surface area contributed by atoms with E-state index in [2.05, 4.69) is 15.2 Å². The first-order valence-electron chi connectivity index (χ1n) is 5.39. The molecule has 6 nitrogen and oxygen atoms in total. The third-order valence-electron chi connectivity index (χ3n) is 2.63. The number of methoxy groups -OCH3 is 1. The van der Waals surface area contributed by atoms with Gasteiger partial charge in [0.1, 0.15) is 0 Å². The number of pyridine rings is 2. The van der Waals surface area contributed by atoms with Crippen molar-refractivity contribution in [2.75, 3.05) is 12.8 Å². The fourth-order valence-corrected chi connectivity index (χ4v) is 1.81. The number of ether oxygens (including phenoxy) is 1. The first kappa shape index (κ1) is 10.5. The van der Waals surface area contributed by atoms with Crippen LogP contribution in [0.2, 0.25) is 0 Å². The van der Waals surface area contributed by atoms with E-state index in [0.29, 0.717) is 17.4 Å². The molecule has 0 bridgehead atoms. The highest BCUT2D eigenvalue weighted by atomic mass is 16.5. The summed E-state index contributed by atoms with van der Waals surface area (Å²) in [4.78, 5) is 4.15. The molecule has 0 aliphatic heterocycles. The van der Waals surface area contributed by atoms with Crippen LogP contribution in [-0.2, 0) is 0 Å². The monoisotopic (exact) mass is 241 g/mol. The van der Waals surface area contributed by atoms with Crippen LogP contribution in [0.5, 0.6) is 5.88 Å². The van der Waals surface area contributed by atoms with Crippen LogP contribution in [0.3, 0.4) is 0 Å². The van der Waals surface area contributed by atoms with Crippen LogP contribution in [0.15, 0.2) is 36.7 Å². The zero-order valence-electron chi connectivity index (χ0n) is 9.74. The first-order valence-corrected chi connectivity index (χ1v) is 5.39. The average molecular weight is 241 g/mol. The fourth-order valence-electron chi connectivity index (χ4n) is 1.81. The van der Waals surface area contributed by atoms with Gasteiger partial charge in [-0.15, -0.1) is 10.2 Å². The molecule has 0 spiro atoms. The Hall–Kier alpha value is -2.63. The Kier molecular flexibility index (Phi) is 2.33. The van der Waals surface area contributed by atoms with E-state index in [0.717, 1.165) is 11.2 Å². The molecule has 3 aromatic heterocycles. The van der Waals surface area contributed by atoms with Gasteiger partial charge < -0.3 is 10.5 Å². The summed E-state index contributed by atoms with van der Waals surface area (Å²) in [5, 5.41) is 8.24. The van der Waals surface area contributed by atoms with Gasteiger partial charge in [0.15, 0.2) is 11.5 Å². The van der Waals surface area contributed by atoms with Gasteiger partial charge in [0.25, 0.3) is 0 Å². The van der Waals surface area contributed by atoms with Gasteiger partial charge in [0.05, 0.1) is 12.7 Å². The van der Waals surface area contributed by atoms with Gasteiger partial charge in [-0.05, 0) is 24.3 Å². The number of nitrogen functional groups attached to an aromatic ring is 1. The predicted molar refractivity (Wildman–Crippen MR) is 67.2 cm³/mol. The number of hydrogen-bond acceptors (Lipinski definition) is 5. The first-order chi connectivity index (χ1) is 8.79. The van der Waals surface area contributed by atoms with Gasteiger partial charge in [-0.2, -0.15) is 0 Å². The topological polar surface area (TPSA) is 78.3 Å². The fraction of sp³-hybridized carbons (Fsp3) is 0.0833. The Morgan fingerprint density at radius 1 is 1.22 bits per heavy atom. The van der Waals surface area contributed by atoms with Gasteiger partial charge in [0, 0.05) is 18.1 Å². The summed E-state index contributed by atoms with van der Waals surface area (Å²) in [5.74, 6) is 1.16. The Balaban J connectivity index is 2.28. The SMILES string of the molecule is COc1ncccc1-c1nnc2ccc(N)cn12. The molecule has 0 atom stereocenters. The number of rotatable bonds is 2. The number of anilines is 1. The normalized spacial score (nSPS) is 10.7. The van der Waals surface area contributed by atoms with Crippen molar-refractivity contribution < 1.29 is 4.74 Å². The van der Waals surface area contributed by atoms with Crippen LogP contribution in [0.4, 0.5) is 5.69 Å². The molecule has 0 unspecified atom stereocenters. The van der Waals surface area contributed by atoms with Crippen molar-refractivity contribution in [3.8, 4) is 17.3 Å². The maximum atomic E-state index is 5.78. The molecule has 3 heterocycles. The second kappa shape index (κ2) is 3.99. The summed E-state index contributed by atoms with van der Waals surface area (Å²) >= 11 is 0. The van der Waals surface area contributed by atoms with Gasteiger partial charge >= 0.3 is 0 Å². The Morgan fingerprint density at radius 3 is 2.94 bits per heavy atom. The molecular formula is C12H11N5O. The van der Waals surface area contributed by atoms with Crippen molar-refractivity contribution in [1.82, 2.24) is 19.6 Å². The highest BCUT2D eigenvalue weighted by Gasteiger charge is 2.13. The van der Waals surface area contributed by atoms with E-state index in [1.807, 2.05) is 22.6 Å². The van der Waals surface area contributed by atoms with E-state index >= 15 is 0 Å². The number of fused-ring (bicyclic) bond motifs is 1. The highest BCUT2D eigenvalue weighted by molar-refractivity contribution is 5.65. The van der Waals surface area contributed by atoms with E-state index in [-0.39, 0.29) is 0 Å². The molecule has 0 aromatic carbocycles. The zero-order chi connectivity index (χ0) is 12.5. The quantitative estimate of drug-likeness (QED) is 0.733. The Bertz CT molecular complexity index is 707. The Labute approximate surface area is 103 Å². The minimum Gasteiger partial charge on any atom is -0.480 e. The molecule has 3 aromatic rings. The molecule has 0 saturated heterocycles. The summed E-state index contributed by atoms with van der Waals surface area (Å²) in [6.45, 7) is 0. The summed E-state index contributed by atoms with van der Waals surface area (Å²) < 4.78 is 7.04. The molecule has 90 valence electrons. The standard InChI is InChI=1S/C12H11N5O/c1-18-12-9(3-2-6-14-12)11-16-15-10-5-4-8(13)7-17(10)11/h2-7H,13H2,1H3. The van der Waals surface area contributed by atoms with Crippen LogP contribution >= 0.6 is 0 Å². The summed E-state index contributed by atoms with van der Waals surface area (Å²) in [6, 6.07) is 7.31. The van der Waals surface area contributed by atoms with Crippen molar-refractivity contribution in [2.45, 2.75) is 0 Å². The van der Waals surface area contributed by atoms with Crippen LogP contribution in [-0.4, -0.2) is 26.7 Å². The average Bonchev–Trinajstić information content (AvgIpc) is 2.81. The third-order valence-corrected chi connectivity index (χ3v) is 2.63. The molecule has 0 fully saturated rings. The lowest BCUT2D eigenvalue weighted by Gasteiger charge is -2.05.